The molecule has 1 fully saturated rings. The number of carbonyl (C=O) groups excluding carboxylic acids is 1. The van der Waals surface area contributed by atoms with E-state index >= 15 is 0 Å². The molecule has 2 atom stereocenters. The van der Waals surface area contributed by atoms with E-state index in [2.05, 4.69) is 41.4 Å². The van der Waals surface area contributed by atoms with Gasteiger partial charge in [-0.15, -0.1) is 0 Å². The van der Waals surface area contributed by atoms with E-state index in [1.807, 2.05) is 40.7 Å². The maximum Gasteiger partial charge on any atom is 0.407 e. The Morgan fingerprint density at radius 1 is 1.21 bits per heavy atom. The lowest BCUT2D eigenvalue weighted by atomic mass is 9.92. The Kier molecular flexibility index (Phi) is 8.49. The number of hydrogen-bond acceptors (Lipinski definition) is 5. The van der Waals surface area contributed by atoms with E-state index in [1.54, 1.807) is 0 Å². The van der Waals surface area contributed by atoms with Crippen molar-refractivity contribution in [1.82, 2.24) is 10.2 Å². The fourth-order valence-electron chi connectivity index (χ4n) is 4.03. The summed E-state index contributed by atoms with van der Waals surface area (Å²) in [6.45, 7) is 14.3. The first-order valence-corrected chi connectivity index (χ1v) is 10.7. The molecule has 6 heteroatoms. The highest BCUT2D eigenvalue weighted by Gasteiger charge is 2.43. The highest BCUT2D eigenvalue weighted by molar-refractivity contribution is 5.67. The minimum Gasteiger partial charge on any atom is -0.444 e. The third kappa shape index (κ3) is 6.98. The summed E-state index contributed by atoms with van der Waals surface area (Å²) in [7, 11) is 0. The van der Waals surface area contributed by atoms with Gasteiger partial charge in [0.15, 0.2) is 5.79 Å². The molecule has 0 saturated carbocycles. The van der Waals surface area contributed by atoms with Gasteiger partial charge in [0.05, 0.1) is 0 Å². The predicted octanol–water partition coefficient (Wildman–Crippen LogP) is 4.51. The van der Waals surface area contributed by atoms with Gasteiger partial charge in [0, 0.05) is 51.2 Å². The van der Waals surface area contributed by atoms with Crippen molar-refractivity contribution in [2.24, 2.45) is 0 Å². The number of ether oxygens (including phenoxy) is 3. The van der Waals surface area contributed by atoms with Gasteiger partial charge in [0.2, 0.25) is 0 Å². The normalized spacial score (nSPS) is 20.8. The Balaban J connectivity index is 2.17. The fourth-order valence-corrected chi connectivity index (χ4v) is 4.03. The monoisotopic (exact) mass is 406 g/mol. The van der Waals surface area contributed by atoms with E-state index < -0.39 is 17.5 Å². The van der Waals surface area contributed by atoms with Crippen LogP contribution in [0.1, 0.15) is 66.0 Å². The molecule has 1 aliphatic rings. The topological polar surface area (TPSA) is 60.0 Å². The molecule has 0 unspecified atom stereocenters. The number of benzene rings is 1. The highest BCUT2D eigenvalue weighted by atomic mass is 16.7. The van der Waals surface area contributed by atoms with Gasteiger partial charge in [-0.2, -0.15) is 0 Å². The molecule has 1 amide bonds. The fraction of sp³-hybridized carbons (Fsp3) is 0.696. The molecule has 0 bridgehead atoms. The first kappa shape index (κ1) is 23.6. The maximum atomic E-state index is 12.2. The predicted molar refractivity (Wildman–Crippen MR) is 115 cm³/mol. The van der Waals surface area contributed by atoms with Gasteiger partial charge in [0.25, 0.3) is 0 Å². The van der Waals surface area contributed by atoms with Crippen LogP contribution in [-0.2, 0) is 14.2 Å². The van der Waals surface area contributed by atoms with Gasteiger partial charge in [-0.3, -0.25) is 4.90 Å². The Labute approximate surface area is 175 Å². The number of amides is 1. The highest BCUT2D eigenvalue weighted by Crippen LogP contribution is 2.36. The largest absolute Gasteiger partial charge is 0.444 e. The average Bonchev–Trinajstić information content (AvgIpc) is 2.66. The number of hydrogen-bond donors (Lipinski definition) is 1. The number of nitrogens with zero attached hydrogens (tertiary/aromatic N) is 1. The second kappa shape index (κ2) is 10.4. The Hall–Kier alpha value is -1.63. The number of likely N-dealkylation sites (tertiary alicyclic amines) is 1. The van der Waals surface area contributed by atoms with Crippen molar-refractivity contribution < 1.29 is 19.0 Å². The van der Waals surface area contributed by atoms with Gasteiger partial charge in [-0.25, -0.2) is 4.79 Å². The molecule has 164 valence electrons. The molecule has 6 nitrogen and oxygen atoms in total. The van der Waals surface area contributed by atoms with Crippen LogP contribution in [0.5, 0.6) is 0 Å². The summed E-state index contributed by atoms with van der Waals surface area (Å²) in [5.41, 5.74) is 0.740. The zero-order valence-corrected chi connectivity index (χ0v) is 18.9. The van der Waals surface area contributed by atoms with Crippen molar-refractivity contribution >= 4 is 6.09 Å². The van der Waals surface area contributed by atoms with E-state index in [-0.39, 0.29) is 12.1 Å². The quantitative estimate of drug-likeness (QED) is 0.644. The van der Waals surface area contributed by atoms with Crippen LogP contribution in [0.25, 0.3) is 0 Å². The van der Waals surface area contributed by atoms with Crippen LogP contribution in [-0.4, -0.2) is 54.7 Å². The zero-order chi connectivity index (χ0) is 21.5. The van der Waals surface area contributed by atoms with Gasteiger partial charge >= 0.3 is 6.09 Å². The third-order valence-corrected chi connectivity index (χ3v) is 5.24. The van der Waals surface area contributed by atoms with Gasteiger partial charge < -0.3 is 19.5 Å². The number of piperidine rings is 1. The lowest BCUT2D eigenvalue weighted by Gasteiger charge is -2.48. The lowest BCUT2D eigenvalue weighted by Crippen LogP contribution is -2.57. The maximum absolute atomic E-state index is 12.2. The van der Waals surface area contributed by atoms with E-state index in [1.165, 1.54) is 5.56 Å². The van der Waals surface area contributed by atoms with Gasteiger partial charge in [-0.05, 0) is 47.1 Å². The minimum absolute atomic E-state index is 0.0737. The van der Waals surface area contributed by atoms with Crippen molar-refractivity contribution in [3.63, 3.8) is 0 Å². The molecule has 0 radical (unpaired) electrons. The summed E-state index contributed by atoms with van der Waals surface area (Å²) < 4.78 is 17.6. The van der Waals surface area contributed by atoms with Crippen LogP contribution >= 0.6 is 0 Å². The first-order valence-electron chi connectivity index (χ1n) is 10.7. The summed E-state index contributed by atoms with van der Waals surface area (Å²) in [6.07, 6.45) is 1.10. The molecule has 0 aromatic heterocycles. The van der Waals surface area contributed by atoms with Crippen LogP contribution in [0.2, 0.25) is 0 Å². The second-order valence-corrected chi connectivity index (χ2v) is 8.59. The van der Waals surface area contributed by atoms with Crippen molar-refractivity contribution in [3.8, 4) is 0 Å². The Morgan fingerprint density at radius 3 is 2.38 bits per heavy atom. The standard InChI is InChI=1S/C23H38N2O4/c1-7-27-23(28-8-2)14-15-25(18(3)19-12-10-9-11-13-19)20(16-23)17-24-21(26)29-22(4,5)6/h9-13,18,20H,7-8,14-17H2,1-6H3,(H,24,26)/t18-,20+/m0/s1. The summed E-state index contributed by atoms with van der Waals surface area (Å²) in [5.74, 6) is -0.601. The summed E-state index contributed by atoms with van der Waals surface area (Å²) in [6, 6.07) is 10.8. The van der Waals surface area contributed by atoms with E-state index in [4.69, 9.17) is 14.2 Å². The average molecular weight is 407 g/mol. The summed E-state index contributed by atoms with van der Waals surface area (Å²) in [4.78, 5) is 14.7. The van der Waals surface area contributed by atoms with Crippen molar-refractivity contribution in [2.75, 3.05) is 26.3 Å². The van der Waals surface area contributed by atoms with Crippen LogP contribution < -0.4 is 5.32 Å². The Morgan fingerprint density at radius 2 is 1.83 bits per heavy atom. The van der Waals surface area contributed by atoms with Gasteiger partial charge in [-0.1, -0.05) is 30.3 Å². The second-order valence-electron chi connectivity index (χ2n) is 8.59. The third-order valence-electron chi connectivity index (χ3n) is 5.24. The van der Waals surface area contributed by atoms with E-state index in [9.17, 15) is 4.79 Å². The smallest absolute Gasteiger partial charge is 0.407 e. The van der Waals surface area contributed by atoms with E-state index in [0.29, 0.717) is 26.2 Å². The molecular formula is C23H38N2O4. The van der Waals surface area contributed by atoms with E-state index in [0.717, 1.165) is 13.0 Å². The van der Waals surface area contributed by atoms with Crippen LogP contribution in [0, 0.1) is 0 Å². The molecule has 1 N–H and O–H groups in total. The molecule has 0 aliphatic carbocycles. The van der Waals surface area contributed by atoms with Gasteiger partial charge in [0.1, 0.15) is 5.60 Å². The van der Waals surface area contributed by atoms with Crippen LogP contribution in [0.4, 0.5) is 4.79 Å². The zero-order valence-electron chi connectivity index (χ0n) is 18.9. The number of carbonyl (C=O) groups is 1. The molecule has 1 heterocycles. The Bertz CT molecular complexity index is 624. The summed E-state index contributed by atoms with van der Waals surface area (Å²) in [5, 5.41) is 2.95. The first-order chi connectivity index (χ1) is 13.7. The molecule has 1 aromatic carbocycles. The molecule has 1 aliphatic heterocycles. The van der Waals surface area contributed by atoms with Crippen LogP contribution in [0.15, 0.2) is 30.3 Å². The van der Waals surface area contributed by atoms with Crippen molar-refractivity contribution in [1.29, 1.82) is 0 Å². The molecule has 1 aromatic rings. The number of nitrogens with one attached hydrogen (secondary N) is 1. The van der Waals surface area contributed by atoms with Crippen molar-refractivity contribution in [2.45, 2.75) is 77.9 Å². The molecule has 1 saturated heterocycles. The van der Waals surface area contributed by atoms with Crippen molar-refractivity contribution in [3.05, 3.63) is 35.9 Å². The molecule has 0 spiro atoms. The minimum atomic E-state index is -0.601. The lowest BCUT2D eigenvalue weighted by molar-refractivity contribution is -0.262. The number of rotatable bonds is 8. The number of alkyl carbamates (subject to hydrolysis) is 1. The SMILES string of the molecule is CCOC1(OCC)CCN([C@@H](C)c2ccccc2)[C@@H](CNC(=O)OC(C)(C)C)C1. The molecule has 29 heavy (non-hydrogen) atoms. The molecular weight excluding hydrogens is 368 g/mol. The molecule has 2 rings (SSSR count). The van der Waals surface area contributed by atoms with Crippen LogP contribution in [0.3, 0.4) is 0 Å². The summed E-state index contributed by atoms with van der Waals surface area (Å²) >= 11 is 0.